The van der Waals surface area contributed by atoms with Gasteiger partial charge >= 0.3 is 0 Å². The minimum absolute atomic E-state index is 0.599. The molecule has 1 saturated carbocycles. The largest absolute Gasteiger partial charge is 0.0951 e. The van der Waals surface area contributed by atoms with Crippen LogP contribution >= 0.6 is 0 Å². The Morgan fingerprint density at radius 2 is 1.64 bits per heavy atom. The molecular weight excluding hydrogens is 300 g/mol. The summed E-state index contributed by atoms with van der Waals surface area (Å²) in [4.78, 5) is 0. The molecule has 0 atom stereocenters. The van der Waals surface area contributed by atoms with Crippen molar-refractivity contribution in [3.8, 4) is 23.7 Å². The topological polar surface area (TPSA) is 0 Å². The highest BCUT2D eigenvalue weighted by atomic mass is 14.2. The van der Waals surface area contributed by atoms with Crippen LogP contribution in [0.25, 0.3) is 0 Å². The van der Waals surface area contributed by atoms with Gasteiger partial charge in [-0.2, -0.15) is 0 Å². The summed E-state index contributed by atoms with van der Waals surface area (Å²) < 4.78 is 0. The van der Waals surface area contributed by atoms with E-state index in [1.165, 1.54) is 63.4 Å². The van der Waals surface area contributed by atoms with Gasteiger partial charge < -0.3 is 0 Å². The van der Waals surface area contributed by atoms with Crippen LogP contribution in [-0.4, -0.2) is 0 Å². The van der Waals surface area contributed by atoms with Gasteiger partial charge in [0.1, 0.15) is 0 Å². The summed E-state index contributed by atoms with van der Waals surface area (Å²) in [6.07, 6.45) is 15.5. The van der Waals surface area contributed by atoms with E-state index in [1.54, 1.807) is 0 Å². The van der Waals surface area contributed by atoms with E-state index in [1.807, 2.05) is 12.2 Å². The predicted molar refractivity (Wildman–Crippen MR) is 109 cm³/mol. The van der Waals surface area contributed by atoms with Crippen LogP contribution in [0.2, 0.25) is 0 Å². The molecule has 0 unspecified atom stereocenters. The third-order valence-corrected chi connectivity index (χ3v) is 5.07. The van der Waals surface area contributed by atoms with Crippen molar-refractivity contribution in [2.45, 2.75) is 71.6 Å². The lowest BCUT2D eigenvalue weighted by atomic mass is 9.80. The first-order chi connectivity index (χ1) is 12.3. The Bertz CT molecular complexity index is 631. The van der Waals surface area contributed by atoms with Gasteiger partial charge in [-0.25, -0.2) is 0 Å². The molecule has 0 heterocycles. The van der Waals surface area contributed by atoms with Gasteiger partial charge in [-0.15, -0.1) is 0 Å². The zero-order valence-electron chi connectivity index (χ0n) is 16.0. The first-order valence-electron chi connectivity index (χ1n) is 10.1. The Balaban J connectivity index is 1.74. The zero-order valence-corrected chi connectivity index (χ0v) is 16.0. The number of hydrogen-bond acceptors (Lipinski definition) is 0. The minimum Gasteiger partial charge on any atom is -0.0951 e. The molecule has 1 aromatic rings. The summed E-state index contributed by atoms with van der Waals surface area (Å²) in [6, 6.07) is 8.62. The van der Waals surface area contributed by atoms with Crippen LogP contribution in [0.4, 0.5) is 0 Å². The van der Waals surface area contributed by atoms with Crippen molar-refractivity contribution in [3.63, 3.8) is 0 Å². The van der Waals surface area contributed by atoms with E-state index in [0.29, 0.717) is 5.92 Å². The van der Waals surface area contributed by atoms with Gasteiger partial charge in [-0.05, 0) is 74.3 Å². The number of aryl methyl sites for hydroxylation is 1. The highest BCUT2D eigenvalue weighted by molar-refractivity contribution is 5.39. The third-order valence-electron chi connectivity index (χ3n) is 5.07. The molecule has 25 heavy (non-hydrogen) atoms. The molecule has 1 aromatic carbocycles. The highest BCUT2D eigenvalue weighted by Gasteiger charge is 2.18. The Morgan fingerprint density at radius 3 is 2.32 bits per heavy atom. The Kier molecular flexibility index (Phi) is 9.01. The van der Waals surface area contributed by atoms with Crippen molar-refractivity contribution in [1.29, 1.82) is 0 Å². The molecule has 132 valence electrons. The van der Waals surface area contributed by atoms with Gasteiger partial charge in [-0.1, -0.05) is 68.9 Å². The minimum atomic E-state index is 0.599. The summed E-state index contributed by atoms with van der Waals surface area (Å²) in [5.74, 6) is 14.4. The molecule has 0 nitrogen and oxygen atoms in total. The maximum atomic E-state index is 3.41. The molecule has 0 bridgehead atoms. The smallest absolute Gasteiger partial charge is 0.0249 e. The van der Waals surface area contributed by atoms with Crippen molar-refractivity contribution in [2.24, 2.45) is 11.8 Å². The summed E-state index contributed by atoms with van der Waals surface area (Å²) in [7, 11) is 0. The highest BCUT2D eigenvalue weighted by Crippen LogP contribution is 2.30. The van der Waals surface area contributed by atoms with E-state index >= 15 is 0 Å². The van der Waals surface area contributed by atoms with Crippen LogP contribution in [-0.2, 0) is 6.42 Å². The van der Waals surface area contributed by atoms with Crippen LogP contribution < -0.4 is 0 Å². The summed E-state index contributed by atoms with van der Waals surface area (Å²) >= 11 is 0. The lowest BCUT2D eigenvalue weighted by Crippen LogP contribution is -2.12. The fraction of sp³-hybridized carbons (Fsp3) is 0.520. The summed E-state index contributed by atoms with van der Waals surface area (Å²) in [5.41, 5.74) is 2.48. The molecule has 0 heteroatoms. The molecule has 0 spiro atoms. The Hall–Kier alpha value is -1.92. The fourth-order valence-corrected chi connectivity index (χ4v) is 3.51. The monoisotopic (exact) mass is 332 g/mol. The summed E-state index contributed by atoms with van der Waals surface area (Å²) in [6.45, 7) is 4.52. The molecule has 0 N–H and O–H groups in total. The van der Waals surface area contributed by atoms with Crippen molar-refractivity contribution in [2.75, 3.05) is 0 Å². The molecule has 0 radical (unpaired) electrons. The Morgan fingerprint density at radius 1 is 0.920 bits per heavy atom. The van der Waals surface area contributed by atoms with E-state index < -0.39 is 0 Å². The molecule has 1 aliphatic rings. The molecule has 1 fully saturated rings. The van der Waals surface area contributed by atoms with Crippen molar-refractivity contribution < 1.29 is 0 Å². The maximum absolute atomic E-state index is 3.41. The number of hydrogen-bond donors (Lipinski definition) is 0. The molecule has 0 aromatic heterocycles. The van der Waals surface area contributed by atoms with Crippen LogP contribution in [0.3, 0.4) is 0 Å². The second kappa shape index (κ2) is 11.6. The number of benzene rings is 1. The number of rotatable bonds is 5. The SMILES string of the molecule is CCCCc1ccc(C#C/C=C/C#CC2CCC(CCC)CC2)cc1. The summed E-state index contributed by atoms with van der Waals surface area (Å²) in [5, 5.41) is 0. The molecule has 0 aliphatic heterocycles. The number of allylic oxidation sites excluding steroid dienone is 2. The van der Waals surface area contributed by atoms with Gasteiger partial charge in [0, 0.05) is 11.5 Å². The predicted octanol–water partition coefficient (Wildman–Crippen LogP) is 6.55. The van der Waals surface area contributed by atoms with Crippen LogP contribution in [0.15, 0.2) is 36.4 Å². The molecule has 2 rings (SSSR count). The molecule has 0 amide bonds. The van der Waals surface area contributed by atoms with E-state index in [0.717, 1.165) is 11.5 Å². The standard InChI is InChI=1S/C25H32/c1-3-5-11-23-18-20-25(21-19-23)13-9-7-6-8-12-24-16-14-22(10-4-2)15-17-24/h6-7,18-22,24H,3-5,10-11,14-17H2,1-2H3/b7-6+. The van der Waals surface area contributed by atoms with Crippen LogP contribution in [0.5, 0.6) is 0 Å². The lowest BCUT2D eigenvalue weighted by molar-refractivity contribution is 0.300. The average Bonchev–Trinajstić information content (AvgIpc) is 2.65. The lowest BCUT2D eigenvalue weighted by Gasteiger charge is -2.25. The average molecular weight is 333 g/mol. The van der Waals surface area contributed by atoms with Gasteiger partial charge in [-0.3, -0.25) is 0 Å². The van der Waals surface area contributed by atoms with E-state index in [-0.39, 0.29) is 0 Å². The van der Waals surface area contributed by atoms with Crippen LogP contribution in [0, 0.1) is 35.5 Å². The third kappa shape index (κ3) is 7.67. The maximum Gasteiger partial charge on any atom is 0.0249 e. The second-order valence-corrected chi connectivity index (χ2v) is 7.20. The van der Waals surface area contributed by atoms with Crippen molar-refractivity contribution >= 4 is 0 Å². The zero-order chi connectivity index (χ0) is 17.7. The molecular formula is C25H32. The first kappa shape index (κ1) is 19.4. The van der Waals surface area contributed by atoms with Crippen molar-refractivity contribution in [3.05, 3.63) is 47.5 Å². The first-order valence-corrected chi connectivity index (χ1v) is 10.1. The normalized spacial score (nSPS) is 19.8. The molecule has 1 aliphatic carbocycles. The quantitative estimate of drug-likeness (QED) is 0.536. The number of unbranched alkanes of at least 4 members (excludes halogenated alkanes) is 1. The molecule has 0 saturated heterocycles. The Labute approximate surface area is 155 Å². The fourth-order valence-electron chi connectivity index (χ4n) is 3.51. The van der Waals surface area contributed by atoms with Gasteiger partial charge in [0.05, 0.1) is 0 Å². The van der Waals surface area contributed by atoms with E-state index in [2.05, 4.69) is 61.8 Å². The van der Waals surface area contributed by atoms with Gasteiger partial charge in [0.15, 0.2) is 0 Å². The van der Waals surface area contributed by atoms with Gasteiger partial charge in [0.2, 0.25) is 0 Å². The van der Waals surface area contributed by atoms with Gasteiger partial charge in [0.25, 0.3) is 0 Å². The van der Waals surface area contributed by atoms with Crippen LogP contribution in [0.1, 0.15) is 76.3 Å². The van der Waals surface area contributed by atoms with E-state index in [9.17, 15) is 0 Å². The van der Waals surface area contributed by atoms with E-state index in [4.69, 9.17) is 0 Å². The van der Waals surface area contributed by atoms with Crippen molar-refractivity contribution in [1.82, 2.24) is 0 Å². The second-order valence-electron chi connectivity index (χ2n) is 7.20.